The third kappa shape index (κ3) is 5.94. The van der Waals surface area contributed by atoms with Crippen molar-refractivity contribution < 1.29 is 4.79 Å². The maximum atomic E-state index is 12.0. The SMILES string of the molecule is CC[C@@H]1CCCCN1CCCNC(=O)CCc1c(Cl)cccc1Cl. The van der Waals surface area contributed by atoms with Crippen LogP contribution in [0.5, 0.6) is 0 Å². The topological polar surface area (TPSA) is 32.3 Å². The molecule has 5 heteroatoms. The van der Waals surface area contributed by atoms with E-state index in [0.29, 0.717) is 22.9 Å². The van der Waals surface area contributed by atoms with Crippen LogP contribution >= 0.6 is 23.2 Å². The summed E-state index contributed by atoms with van der Waals surface area (Å²) in [5.41, 5.74) is 0.857. The second-order valence-electron chi connectivity index (χ2n) is 6.50. The fraction of sp³-hybridized carbons (Fsp3) is 0.632. The average molecular weight is 371 g/mol. The minimum Gasteiger partial charge on any atom is -0.356 e. The maximum absolute atomic E-state index is 12.0. The van der Waals surface area contributed by atoms with Crippen LogP contribution in [0.2, 0.25) is 10.0 Å². The molecular weight excluding hydrogens is 343 g/mol. The maximum Gasteiger partial charge on any atom is 0.220 e. The van der Waals surface area contributed by atoms with Crippen molar-refractivity contribution in [2.45, 2.75) is 57.9 Å². The minimum absolute atomic E-state index is 0.0664. The van der Waals surface area contributed by atoms with Crippen LogP contribution in [0, 0.1) is 0 Å². The second-order valence-corrected chi connectivity index (χ2v) is 7.31. The van der Waals surface area contributed by atoms with E-state index in [0.717, 1.165) is 31.1 Å². The van der Waals surface area contributed by atoms with Gasteiger partial charge in [-0.15, -0.1) is 0 Å². The Bertz CT molecular complexity index is 516. The molecule has 3 nitrogen and oxygen atoms in total. The summed E-state index contributed by atoms with van der Waals surface area (Å²) in [7, 11) is 0. The third-order valence-electron chi connectivity index (χ3n) is 4.83. The Labute approximate surface area is 155 Å². The molecule has 1 aliphatic rings. The van der Waals surface area contributed by atoms with E-state index >= 15 is 0 Å². The summed E-state index contributed by atoms with van der Waals surface area (Å²) >= 11 is 12.3. The standard InChI is InChI=1S/C19H28Cl2N2O/c1-2-15-7-3-4-13-23(15)14-6-12-22-19(24)11-10-16-17(20)8-5-9-18(16)21/h5,8-9,15H,2-4,6-7,10-14H2,1H3,(H,22,24)/t15-/m1/s1. The molecule has 2 rings (SSSR count). The zero-order valence-corrected chi connectivity index (χ0v) is 16.0. The van der Waals surface area contributed by atoms with Gasteiger partial charge in [-0.2, -0.15) is 0 Å². The molecule has 1 saturated heterocycles. The monoisotopic (exact) mass is 370 g/mol. The Hall–Kier alpha value is -0.770. The Kier molecular flexibility index (Phi) is 8.37. The largest absolute Gasteiger partial charge is 0.356 e. The van der Waals surface area contributed by atoms with Gasteiger partial charge in [-0.3, -0.25) is 4.79 Å². The zero-order chi connectivity index (χ0) is 17.4. The van der Waals surface area contributed by atoms with Crippen LogP contribution in [0.1, 0.15) is 51.0 Å². The average Bonchev–Trinajstić information content (AvgIpc) is 2.58. The molecule has 0 aliphatic carbocycles. The molecule has 1 aromatic rings. The van der Waals surface area contributed by atoms with Gasteiger partial charge in [-0.1, -0.05) is 42.6 Å². The summed E-state index contributed by atoms with van der Waals surface area (Å²) in [6, 6.07) is 6.17. The number of hydrogen-bond acceptors (Lipinski definition) is 2. The fourth-order valence-electron chi connectivity index (χ4n) is 3.42. The van der Waals surface area contributed by atoms with Crippen molar-refractivity contribution in [1.82, 2.24) is 10.2 Å². The summed E-state index contributed by atoms with van der Waals surface area (Å²) in [6.45, 7) is 5.29. The molecule has 1 heterocycles. The van der Waals surface area contributed by atoms with E-state index in [1.54, 1.807) is 0 Å². The van der Waals surface area contributed by atoms with Crippen molar-refractivity contribution in [3.8, 4) is 0 Å². The number of nitrogens with one attached hydrogen (secondary N) is 1. The molecule has 0 radical (unpaired) electrons. The van der Waals surface area contributed by atoms with Gasteiger partial charge in [0.15, 0.2) is 0 Å². The first-order valence-corrected chi connectivity index (χ1v) is 9.81. The highest BCUT2D eigenvalue weighted by atomic mass is 35.5. The van der Waals surface area contributed by atoms with Gasteiger partial charge < -0.3 is 10.2 Å². The quantitative estimate of drug-likeness (QED) is 0.672. The van der Waals surface area contributed by atoms with Crippen molar-refractivity contribution >= 4 is 29.1 Å². The Morgan fingerprint density at radius 3 is 2.75 bits per heavy atom. The summed E-state index contributed by atoms with van der Waals surface area (Å²) in [4.78, 5) is 14.6. The number of amides is 1. The highest BCUT2D eigenvalue weighted by Gasteiger charge is 2.19. The molecule has 24 heavy (non-hydrogen) atoms. The van der Waals surface area contributed by atoms with Crippen LogP contribution in [0.15, 0.2) is 18.2 Å². The molecule has 1 amide bonds. The van der Waals surface area contributed by atoms with Gasteiger partial charge in [0.1, 0.15) is 0 Å². The van der Waals surface area contributed by atoms with Crippen LogP contribution in [0.25, 0.3) is 0 Å². The van der Waals surface area contributed by atoms with Gasteiger partial charge in [0.2, 0.25) is 5.91 Å². The number of piperidine rings is 1. The smallest absolute Gasteiger partial charge is 0.220 e. The minimum atomic E-state index is 0.0664. The number of likely N-dealkylation sites (tertiary alicyclic amines) is 1. The van der Waals surface area contributed by atoms with E-state index in [9.17, 15) is 4.79 Å². The van der Waals surface area contributed by atoms with Crippen molar-refractivity contribution in [1.29, 1.82) is 0 Å². The van der Waals surface area contributed by atoms with Crippen LogP contribution in [-0.2, 0) is 11.2 Å². The number of hydrogen-bond donors (Lipinski definition) is 1. The molecule has 1 atom stereocenters. The van der Waals surface area contributed by atoms with Crippen molar-refractivity contribution in [3.63, 3.8) is 0 Å². The molecule has 1 N–H and O–H groups in total. The molecule has 0 spiro atoms. The molecule has 1 fully saturated rings. The van der Waals surface area contributed by atoms with E-state index < -0.39 is 0 Å². The third-order valence-corrected chi connectivity index (χ3v) is 5.54. The van der Waals surface area contributed by atoms with Gasteiger partial charge in [0.25, 0.3) is 0 Å². The number of carbonyl (C=O) groups is 1. The summed E-state index contributed by atoms with van der Waals surface area (Å²) in [5.74, 6) is 0.0664. The highest BCUT2D eigenvalue weighted by Crippen LogP contribution is 2.25. The second kappa shape index (κ2) is 10.3. The molecule has 0 saturated carbocycles. The number of rotatable bonds is 8. The van der Waals surface area contributed by atoms with Crippen molar-refractivity contribution in [2.75, 3.05) is 19.6 Å². The van der Waals surface area contributed by atoms with E-state index in [-0.39, 0.29) is 5.91 Å². The first-order valence-electron chi connectivity index (χ1n) is 9.05. The van der Waals surface area contributed by atoms with Gasteiger partial charge in [-0.05, 0) is 56.3 Å². The lowest BCUT2D eigenvalue weighted by atomic mass is 10.00. The van der Waals surface area contributed by atoms with E-state index in [4.69, 9.17) is 23.2 Å². The van der Waals surface area contributed by atoms with Crippen LogP contribution in [0.3, 0.4) is 0 Å². The van der Waals surface area contributed by atoms with E-state index in [1.165, 1.54) is 32.2 Å². The fourth-order valence-corrected chi connectivity index (χ4v) is 4.01. The normalized spacial score (nSPS) is 18.5. The number of halogens is 2. The summed E-state index contributed by atoms with van der Waals surface area (Å²) in [5, 5.41) is 4.27. The Morgan fingerprint density at radius 1 is 1.29 bits per heavy atom. The molecular formula is C19H28Cl2N2O. The number of carbonyl (C=O) groups excluding carboxylic acids is 1. The predicted molar refractivity (Wildman–Crippen MR) is 102 cm³/mol. The molecule has 1 aromatic carbocycles. The lowest BCUT2D eigenvalue weighted by molar-refractivity contribution is -0.121. The predicted octanol–water partition coefficient (Wildman–Crippen LogP) is 4.70. The Balaban J connectivity index is 1.65. The molecule has 134 valence electrons. The summed E-state index contributed by atoms with van der Waals surface area (Å²) in [6.07, 6.45) is 7.22. The first kappa shape index (κ1) is 19.6. The van der Waals surface area contributed by atoms with Gasteiger partial charge in [0, 0.05) is 35.6 Å². The zero-order valence-electron chi connectivity index (χ0n) is 14.5. The lowest BCUT2D eigenvalue weighted by Gasteiger charge is -2.35. The molecule has 1 aliphatic heterocycles. The van der Waals surface area contributed by atoms with Gasteiger partial charge >= 0.3 is 0 Å². The number of benzene rings is 1. The van der Waals surface area contributed by atoms with Gasteiger partial charge in [-0.25, -0.2) is 0 Å². The summed E-state index contributed by atoms with van der Waals surface area (Å²) < 4.78 is 0. The van der Waals surface area contributed by atoms with E-state index in [2.05, 4.69) is 17.1 Å². The highest BCUT2D eigenvalue weighted by molar-refractivity contribution is 6.36. The molecule has 0 unspecified atom stereocenters. The van der Waals surface area contributed by atoms with Gasteiger partial charge in [0.05, 0.1) is 0 Å². The molecule has 0 bridgehead atoms. The van der Waals surface area contributed by atoms with Crippen molar-refractivity contribution in [2.24, 2.45) is 0 Å². The van der Waals surface area contributed by atoms with Crippen LogP contribution < -0.4 is 5.32 Å². The number of nitrogens with zero attached hydrogens (tertiary/aromatic N) is 1. The lowest BCUT2D eigenvalue weighted by Crippen LogP contribution is -2.40. The first-order chi connectivity index (χ1) is 11.6. The Morgan fingerprint density at radius 2 is 2.04 bits per heavy atom. The van der Waals surface area contributed by atoms with E-state index in [1.807, 2.05) is 18.2 Å². The van der Waals surface area contributed by atoms with Crippen molar-refractivity contribution in [3.05, 3.63) is 33.8 Å². The van der Waals surface area contributed by atoms with Crippen LogP contribution in [0.4, 0.5) is 0 Å². The molecule has 0 aromatic heterocycles. The van der Waals surface area contributed by atoms with Crippen LogP contribution in [-0.4, -0.2) is 36.5 Å².